The van der Waals surface area contributed by atoms with Crippen molar-refractivity contribution in [3.63, 3.8) is 0 Å². The summed E-state index contributed by atoms with van der Waals surface area (Å²) in [6.07, 6.45) is 6.87. The maximum absolute atomic E-state index is 5.51. The van der Waals surface area contributed by atoms with Gasteiger partial charge in [0, 0.05) is 5.92 Å². The van der Waals surface area contributed by atoms with Crippen molar-refractivity contribution >= 4 is 0 Å². The van der Waals surface area contributed by atoms with Crippen LogP contribution in [0.4, 0.5) is 0 Å². The molecule has 12 heavy (non-hydrogen) atoms. The number of hydrogen-bond donors (Lipinski definition) is 0. The minimum absolute atomic E-state index is 0.0740. The predicted octanol–water partition coefficient (Wildman–Crippen LogP) is 1.96. The molecule has 1 heterocycles. The van der Waals surface area contributed by atoms with Gasteiger partial charge in [0.2, 0.25) is 0 Å². The Morgan fingerprint density at radius 2 is 1.75 bits per heavy atom. The van der Waals surface area contributed by atoms with Crippen molar-refractivity contribution in [2.24, 2.45) is 11.8 Å². The van der Waals surface area contributed by atoms with Gasteiger partial charge in [-0.05, 0) is 18.8 Å². The molecule has 0 N–H and O–H groups in total. The Hall–Kier alpha value is -0.340. The molecule has 0 aromatic carbocycles. The lowest BCUT2D eigenvalue weighted by Crippen LogP contribution is -2.28. The van der Waals surface area contributed by atoms with E-state index in [4.69, 9.17) is 9.47 Å². The first kappa shape index (κ1) is 8.27. The van der Waals surface area contributed by atoms with Gasteiger partial charge in [-0.15, -0.1) is 0 Å². The minimum atomic E-state index is 0.0740. The number of allylic oxidation sites excluding steroid dienone is 2. The molecule has 0 spiro atoms. The van der Waals surface area contributed by atoms with Crippen LogP contribution in [-0.2, 0) is 9.47 Å². The summed E-state index contributed by atoms with van der Waals surface area (Å²) >= 11 is 0. The maximum atomic E-state index is 5.51. The Morgan fingerprint density at radius 1 is 1.08 bits per heavy atom. The second kappa shape index (κ2) is 3.58. The quantitative estimate of drug-likeness (QED) is 0.557. The zero-order valence-corrected chi connectivity index (χ0v) is 7.53. The van der Waals surface area contributed by atoms with Gasteiger partial charge in [-0.1, -0.05) is 19.1 Å². The zero-order valence-electron chi connectivity index (χ0n) is 7.53. The Kier molecular flexibility index (Phi) is 2.47. The van der Waals surface area contributed by atoms with Crippen LogP contribution in [-0.4, -0.2) is 19.5 Å². The SMILES string of the molecule is CC1CC=CCC1C1OCCO1. The molecule has 1 fully saturated rings. The first-order valence-electron chi connectivity index (χ1n) is 4.76. The summed E-state index contributed by atoms with van der Waals surface area (Å²) in [4.78, 5) is 0. The van der Waals surface area contributed by atoms with Gasteiger partial charge in [-0.25, -0.2) is 0 Å². The van der Waals surface area contributed by atoms with Crippen LogP contribution in [0.5, 0.6) is 0 Å². The van der Waals surface area contributed by atoms with Crippen molar-refractivity contribution in [1.29, 1.82) is 0 Å². The van der Waals surface area contributed by atoms with E-state index in [1.54, 1.807) is 0 Å². The fourth-order valence-corrected chi connectivity index (χ4v) is 1.97. The Bertz CT molecular complexity index is 171. The van der Waals surface area contributed by atoms with Crippen molar-refractivity contribution in [3.8, 4) is 0 Å². The summed E-state index contributed by atoms with van der Waals surface area (Å²) in [6.45, 7) is 3.83. The van der Waals surface area contributed by atoms with Gasteiger partial charge in [0.05, 0.1) is 13.2 Å². The van der Waals surface area contributed by atoms with E-state index in [1.807, 2.05) is 0 Å². The van der Waals surface area contributed by atoms with Gasteiger partial charge in [0.1, 0.15) is 0 Å². The molecule has 2 nitrogen and oxygen atoms in total. The van der Waals surface area contributed by atoms with Crippen LogP contribution in [0.3, 0.4) is 0 Å². The largest absolute Gasteiger partial charge is 0.350 e. The normalized spacial score (nSPS) is 37.4. The topological polar surface area (TPSA) is 18.5 Å². The van der Waals surface area contributed by atoms with E-state index in [0.717, 1.165) is 19.6 Å². The van der Waals surface area contributed by atoms with Crippen LogP contribution in [0.1, 0.15) is 19.8 Å². The van der Waals surface area contributed by atoms with Crippen molar-refractivity contribution in [2.45, 2.75) is 26.1 Å². The Morgan fingerprint density at radius 3 is 2.42 bits per heavy atom. The number of hydrogen-bond acceptors (Lipinski definition) is 2. The second-order valence-corrected chi connectivity index (χ2v) is 3.69. The third-order valence-corrected chi connectivity index (χ3v) is 2.81. The molecular formula is C10H16O2. The van der Waals surface area contributed by atoms with Crippen LogP contribution < -0.4 is 0 Å². The standard InChI is InChI=1S/C10H16O2/c1-8-4-2-3-5-9(8)10-11-6-7-12-10/h2-3,8-10H,4-7H2,1H3. The third kappa shape index (κ3) is 1.54. The molecule has 2 aliphatic rings. The lowest BCUT2D eigenvalue weighted by Gasteiger charge is -2.28. The highest BCUT2D eigenvalue weighted by Gasteiger charge is 2.31. The summed E-state index contributed by atoms with van der Waals surface area (Å²) in [5.74, 6) is 1.29. The van der Waals surface area contributed by atoms with E-state index in [1.165, 1.54) is 6.42 Å². The van der Waals surface area contributed by atoms with E-state index in [2.05, 4.69) is 19.1 Å². The molecule has 1 aliphatic carbocycles. The van der Waals surface area contributed by atoms with E-state index >= 15 is 0 Å². The van der Waals surface area contributed by atoms with Crippen LogP contribution in [0.15, 0.2) is 12.2 Å². The summed E-state index contributed by atoms with van der Waals surface area (Å²) in [5, 5.41) is 0. The average Bonchev–Trinajstić information content (AvgIpc) is 2.57. The average molecular weight is 168 g/mol. The van der Waals surface area contributed by atoms with Crippen molar-refractivity contribution in [3.05, 3.63) is 12.2 Å². The molecule has 1 saturated heterocycles. The number of rotatable bonds is 1. The lowest BCUT2D eigenvalue weighted by atomic mass is 9.84. The fraction of sp³-hybridized carbons (Fsp3) is 0.800. The van der Waals surface area contributed by atoms with Crippen LogP contribution in [0.2, 0.25) is 0 Å². The van der Waals surface area contributed by atoms with Gasteiger partial charge in [0.15, 0.2) is 6.29 Å². The molecule has 0 amide bonds. The van der Waals surface area contributed by atoms with Gasteiger partial charge in [-0.3, -0.25) is 0 Å². The molecule has 68 valence electrons. The molecule has 2 rings (SSSR count). The molecular weight excluding hydrogens is 152 g/mol. The number of ether oxygens (including phenoxy) is 2. The van der Waals surface area contributed by atoms with E-state index in [9.17, 15) is 0 Å². The van der Waals surface area contributed by atoms with E-state index in [-0.39, 0.29) is 6.29 Å². The van der Waals surface area contributed by atoms with Crippen LogP contribution in [0, 0.1) is 11.8 Å². The molecule has 2 atom stereocenters. The molecule has 0 saturated carbocycles. The van der Waals surface area contributed by atoms with E-state index < -0.39 is 0 Å². The molecule has 0 radical (unpaired) electrons. The molecule has 2 unspecified atom stereocenters. The maximum Gasteiger partial charge on any atom is 0.161 e. The summed E-state index contributed by atoms with van der Waals surface area (Å²) in [7, 11) is 0. The first-order chi connectivity index (χ1) is 5.88. The summed E-state index contributed by atoms with van der Waals surface area (Å²) in [5.41, 5.74) is 0. The summed E-state index contributed by atoms with van der Waals surface area (Å²) < 4.78 is 11.0. The van der Waals surface area contributed by atoms with Gasteiger partial charge < -0.3 is 9.47 Å². The van der Waals surface area contributed by atoms with E-state index in [0.29, 0.717) is 11.8 Å². The third-order valence-electron chi connectivity index (χ3n) is 2.81. The Balaban J connectivity index is 1.96. The molecule has 1 aliphatic heterocycles. The highest BCUT2D eigenvalue weighted by atomic mass is 16.7. The van der Waals surface area contributed by atoms with Gasteiger partial charge in [0.25, 0.3) is 0 Å². The van der Waals surface area contributed by atoms with Crippen molar-refractivity contribution in [2.75, 3.05) is 13.2 Å². The molecule has 0 aromatic rings. The second-order valence-electron chi connectivity index (χ2n) is 3.69. The van der Waals surface area contributed by atoms with Crippen LogP contribution >= 0.6 is 0 Å². The molecule has 2 heteroatoms. The van der Waals surface area contributed by atoms with Crippen molar-refractivity contribution < 1.29 is 9.47 Å². The lowest BCUT2D eigenvalue weighted by molar-refractivity contribution is -0.0975. The highest BCUT2D eigenvalue weighted by Crippen LogP contribution is 2.31. The van der Waals surface area contributed by atoms with Gasteiger partial charge >= 0.3 is 0 Å². The zero-order chi connectivity index (χ0) is 8.39. The first-order valence-corrected chi connectivity index (χ1v) is 4.76. The van der Waals surface area contributed by atoms with Crippen LogP contribution in [0.25, 0.3) is 0 Å². The molecule has 0 aromatic heterocycles. The highest BCUT2D eigenvalue weighted by molar-refractivity contribution is 4.94. The summed E-state index contributed by atoms with van der Waals surface area (Å²) in [6, 6.07) is 0. The smallest absolute Gasteiger partial charge is 0.161 e. The predicted molar refractivity (Wildman–Crippen MR) is 46.7 cm³/mol. The molecule has 0 bridgehead atoms. The Labute approximate surface area is 73.5 Å². The fourth-order valence-electron chi connectivity index (χ4n) is 1.97. The van der Waals surface area contributed by atoms with Gasteiger partial charge in [-0.2, -0.15) is 0 Å². The monoisotopic (exact) mass is 168 g/mol. The minimum Gasteiger partial charge on any atom is -0.350 e. The van der Waals surface area contributed by atoms with Crippen molar-refractivity contribution in [1.82, 2.24) is 0 Å².